The van der Waals surface area contributed by atoms with Gasteiger partial charge in [-0.15, -0.1) is 0 Å². The fourth-order valence-electron chi connectivity index (χ4n) is 2.33. The second kappa shape index (κ2) is 5.78. The van der Waals surface area contributed by atoms with Crippen LogP contribution in [0.3, 0.4) is 0 Å². The molecule has 1 aromatic heterocycles. The van der Waals surface area contributed by atoms with Crippen LogP contribution in [0.1, 0.15) is 23.3 Å². The number of hydrogen-bond acceptors (Lipinski definition) is 5. The summed E-state index contributed by atoms with van der Waals surface area (Å²) in [7, 11) is 1.45. The van der Waals surface area contributed by atoms with Gasteiger partial charge >= 0.3 is 6.03 Å². The van der Waals surface area contributed by atoms with Crippen LogP contribution in [-0.4, -0.2) is 47.7 Å². The number of aldehydes is 1. The predicted molar refractivity (Wildman–Crippen MR) is 81.2 cm³/mol. The lowest BCUT2D eigenvalue weighted by Gasteiger charge is -2.28. The maximum atomic E-state index is 11.3. The van der Waals surface area contributed by atoms with Crippen LogP contribution in [-0.2, 0) is 0 Å². The van der Waals surface area contributed by atoms with Crippen molar-refractivity contribution in [2.24, 2.45) is 5.73 Å². The number of hydrogen-bond donors (Lipinski definition) is 2. The molecule has 1 aliphatic rings. The molecule has 0 atom stereocenters. The van der Waals surface area contributed by atoms with Crippen molar-refractivity contribution in [1.82, 2.24) is 9.55 Å². The third kappa shape index (κ3) is 2.64. The number of primary amides is 1. The zero-order valence-corrected chi connectivity index (χ0v) is 11.9. The molecule has 21 heavy (non-hydrogen) atoms. The second-order valence-corrected chi connectivity index (χ2v) is 4.82. The van der Waals surface area contributed by atoms with Crippen LogP contribution in [0.25, 0.3) is 6.20 Å². The molecule has 1 fully saturated rings. The van der Waals surface area contributed by atoms with Gasteiger partial charge in [0.25, 0.3) is 0 Å². The normalized spacial score (nSPS) is 14.9. The van der Waals surface area contributed by atoms with E-state index in [2.05, 4.69) is 11.6 Å². The van der Waals surface area contributed by atoms with Crippen molar-refractivity contribution >= 4 is 36.0 Å². The third-order valence-electron chi connectivity index (χ3n) is 3.42. The van der Waals surface area contributed by atoms with Gasteiger partial charge in [-0.25, -0.2) is 4.79 Å². The molecule has 112 valence electrons. The number of rotatable bonds is 4. The van der Waals surface area contributed by atoms with Crippen molar-refractivity contribution in [2.75, 3.05) is 29.9 Å². The minimum atomic E-state index is -0.704. The summed E-state index contributed by atoms with van der Waals surface area (Å²) in [5.41, 5.74) is 6.06. The van der Waals surface area contributed by atoms with Crippen molar-refractivity contribution in [3.8, 4) is 0 Å². The summed E-state index contributed by atoms with van der Waals surface area (Å²) in [5, 5.41) is 7.80. The molecular weight excluding hydrogens is 272 g/mol. The van der Waals surface area contributed by atoms with Gasteiger partial charge in [0.2, 0.25) is 5.95 Å². The Balaban J connectivity index is 2.50. The predicted octanol–water partition coefficient (Wildman–Crippen LogP) is 0.931. The Morgan fingerprint density at radius 2 is 2.29 bits per heavy atom. The first kappa shape index (κ1) is 14.8. The number of anilines is 2. The molecule has 2 rings (SSSR count). The number of carbonyl (C=O) groups excluding carboxylic acids is 2. The van der Waals surface area contributed by atoms with E-state index in [1.165, 1.54) is 17.8 Å². The molecule has 3 N–H and O–H groups in total. The zero-order chi connectivity index (χ0) is 15.6. The van der Waals surface area contributed by atoms with E-state index in [-0.39, 0.29) is 11.5 Å². The Labute approximate surface area is 122 Å². The topological polar surface area (TPSA) is 108 Å². The van der Waals surface area contributed by atoms with Gasteiger partial charge in [-0.1, -0.05) is 6.58 Å². The van der Waals surface area contributed by atoms with E-state index in [0.29, 0.717) is 24.5 Å². The molecule has 8 heteroatoms. The maximum absolute atomic E-state index is 11.3. The van der Waals surface area contributed by atoms with Gasteiger partial charge in [-0.2, -0.15) is 4.98 Å². The maximum Gasteiger partial charge on any atom is 0.320 e. The molecule has 0 saturated carbocycles. The van der Waals surface area contributed by atoms with Crippen LogP contribution in [0.5, 0.6) is 0 Å². The van der Waals surface area contributed by atoms with Crippen molar-refractivity contribution in [3.63, 3.8) is 0 Å². The van der Waals surface area contributed by atoms with Gasteiger partial charge in [-0.3, -0.25) is 14.3 Å². The van der Waals surface area contributed by atoms with E-state index in [1.807, 2.05) is 4.90 Å². The van der Waals surface area contributed by atoms with Gasteiger partial charge in [0.15, 0.2) is 12.1 Å². The van der Waals surface area contributed by atoms with Gasteiger partial charge in [0, 0.05) is 25.5 Å². The highest BCUT2D eigenvalue weighted by molar-refractivity contribution is 5.95. The highest BCUT2D eigenvalue weighted by atomic mass is 16.2. The van der Waals surface area contributed by atoms with E-state index >= 15 is 0 Å². The number of carbonyl (C=O) groups is 2. The van der Waals surface area contributed by atoms with Crippen molar-refractivity contribution in [1.29, 1.82) is 5.41 Å². The van der Waals surface area contributed by atoms with Crippen molar-refractivity contribution < 1.29 is 9.59 Å². The number of amides is 2. The number of urea groups is 1. The van der Waals surface area contributed by atoms with Crippen molar-refractivity contribution in [3.05, 3.63) is 12.3 Å². The highest BCUT2D eigenvalue weighted by Gasteiger charge is 2.25. The lowest BCUT2D eigenvalue weighted by Crippen LogP contribution is -2.37. The molecule has 1 saturated heterocycles. The lowest BCUT2D eigenvalue weighted by atomic mass is 10.1. The number of nitrogens with one attached hydrogen (secondary N) is 1. The summed E-state index contributed by atoms with van der Waals surface area (Å²) in [4.78, 5) is 30.0. The molecule has 2 heterocycles. The fourth-order valence-corrected chi connectivity index (χ4v) is 2.33. The highest BCUT2D eigenvalue weighted by Crippen LogP contribution is 2.26. The summed E-state index contributed by atoms with van der Waals surface area (Å²) >= 11 is 0. The van der Waals surface area contributed by atoms with Crippen molar-refractivity contribution in [2.45, 2.75) is 12.8 Å². The molecule has 0 spiro atoms. The van der Waals surface area contributed by atoms with Crippen LogP contribution in [0.4, 0.5) is 16.6 Å². The lowest BCUT2D eigenvalue weighted by molar-refractivity contribution is 0.111. The Bertz CT molecular complexity index is 606. The van der Waals surface area contributed by atoms with Gasteiger partial charge < -0.3 is 16.0 Å². The number of piperidine rings is 1. The van der Waals surface area contributed by atoms with Crippen LogP contribution in [0.2, 0.25) is 0 Å². The molecule has 0 unspecified atom stereocenters. The minimum absolute atomic E-state index is 0.185. The SMILES string of the molecule is C=Cn1c(N2CCCC(=N)C2)nc(N(C)C(N)=O)c1C=O. The average molecular weight is 290 g/mol. The zero-order valence-electron chi connectivity index (χ0n) is 11.9. The molecule has 2 amide bonds. The molecule has 0 radical (unpaired) electrons. The largest absolute Gasteiger partial charge is 0.351 e. The summed E-state index contributed by atoms with van der Waals surface area (Å²) in [6.45, 7) is 4.86. The first-order valence-electron chi connectivity index (χ1n) is 6.54. The molecular formula is C13H18N6O2. The Kier molecular flexibility index (Phi) is 4.06. The van der Waals surface area contributed by atoms with E-state index in [1.54, 1.807) is 0 Å². The van der Waals surface area contributed by atoms with Crippen LogP contribution >= 0.6 is 0 Å². The number of imidazole rings is 1. The standard InChI is InChI=1S/C13H18N6O2/c1-3-19-10(8-20)11(17(2)12(15)21)16-13(19)18-6-4-5-9(14)7-18/h3,8,14H,1,4-7H2,2H3,(H2,15,21). The second-order valence-electron chi connectivity index (χ2n) is 4.82. The summed E-state index contributed by atoms with van der Waals surface area (Å²) in [6.07, 6.45) is 3.69. The van der Waals surface area contributed by atoms with Crippen LogP contribution in [0, 0.1) is 5.41 Å². The van der Waals surface area contributed by atoms with Gasteiger partial charge in [0.1, 0.15) is 5.69 Å². The molecule has 8 nitrogen and oxygen atoms in total. The fraction of sp³-hybridized carbons (Fsp3) is 0.385. The van der Waals surface area contributed by atoms with E-state index in [0.717, 1.165) is 24.3 Å². The Morgan fingerprint density at radius 1 is 1.57 bits per heavy atom. The monoisotopic (exact) mass is 290 g/mol. The summed E-state index contributed by atoms with van der Waals surface area (Å²) in [6, 6.07) is -0.704. The van der Waals surface area contributed by atoms with Crippen LogP contribution < -0.4 is 15.5 Å². The molecule has 1 aromatic rings. The smallest absolute Gasteiger partial charge is 0.320 e. The first-order valence-corrected chi connectivity index (χ1v) is 6.54. The van der Waals surface area contributed by atoms with Crippen LogP contribution in [0.15, 0.2) is 6.58 Å². The number of aromatic nitrogens is 2. The van der Waals surface area contributed by atoms with E-state index in [9.17, 15) is 9.59 Å². The Morgan fingerprint density at radius 3 is 2.81 bits per heavy atom. The minimum Gasteiger partial charge on any atom is -0.351 e. The molecule has 0 aliphatic carbocycles. The molecule has 0 bridgehead atoms. The summed E-state index contributed by atoms with van der Waals surface area (Å²) < 4.78 is 1.51. The quantitative estimate of drug-likeness (QED) is 0.804. The third-order valence-corrected chi connectivity index (χ3v) is 3.42. The van der Waals surface area contributed by atoms with Gasteiger partial charge in [-0.05, 0) is 12.8 Å². The molecule has 0 aromatic carbocycles. The molecule has 1 aliphatic heterocycles. The number of nitrogens with zero attached hydrogens (tertiary/aromatic N) is 4. The average Bonchev–Trinajstić information content (AvgIpc) is 2.84. The Hall–Kier alpha value is -2.64. The van der Waals surface area contributed by atoms with Gasteiger partial charge in [0.05, 0.1) is 6.54 Å². The number of nitrogens with two attached hydrogens (primary N) is 1. The summed E-state index contributed by atoms with van der Waals surface area (Å²) in [5.74, 6) is 0.671. The van der Waals surface area contributed by atoms with E-state index in [4.69, 9.17) is 11.1 Å². The van der Waals surface area contributed by atoms with E-state index < -0.39 is 6.03 Å². The first-order chi connectivity index (χ1) is 9.99.